The number of sulfonamides is 1. The van der Waals surface area contributed by atoms with Gasteiger partial charge in [0.15, 0.2) is 0 Å². The molecule has 1 aliphatic rings. The summed E-state index contributed by atoms with van der Waals surface area (Å²) >= 11 is 0. The molecule has 17 heavy (non-hydrogen) atoms. The second kappa shape index (κ2) is 5.85. The Balaban J connectivity index is 2.33. The average molecular weight is 261 g/mol. The van der Waals surface area contributed by atoms with Crippen LogP contribution < -0.4 is 4.72 Å². The topological polar surface area (TPSA) is 63.2 Å². The zero-order chi connectivity index (χ0) is 13.1. The number of hydrogen-bond acceptors (Lipinski definition) is 3. The van der Waals surface area contributed by atoms with Crippen LogP contribution in [0.2, 0.25) is 0 Å². The van der Waals surface area contributed by atoms with Crippen molar-refractivity contribution in [1.82, 2.24) is 4.72 Å². The Kier molecular flexibility index (Phi) is 4.98. The van der Waals surface area contributed by atoms with Crippen molar-refractivity contribution < 1.29 is 13.2 Å². The molecule has 0 aromatic heterocycles. The van der Waals surface area contributed by atoms with E-state index in [-0.39, 0.29) is 5.91 Å². The predicted octanol–water partition coefficient (Wildman–Crippen LogP) is 1.91. The molecular formula is C12H23NO3S. The monoisotopic (exact) mass is 261 g/mol. The summed E-state index contributed by atoms with van der Waals surface area (Å²) in [5.41, 5.74) is 0. The molecule has 0 unspecified atom stereocenters. The van der Waals surface area contributed by atoms with Crippen LogP contribution >= 0.6 is 0 Å². The highest BCUT2D eigenvalue weighted by Gasteiger charge is 2.25. The van der Waals surface area contributed by atoms with Gasteiger partial charge in [-0.05, 0) is 43.4 Å². The van der Waals surface area contributed by atoms with Crippen molar-refractivity contribution in [2.75, 3.05) is 6.26 Å². The van der Waals surface area contributed by atoms with Gasteiger partial charge < -0.3 is 0 Å². The van der Waals surface area contributed by atoms with E-state index in [1.54, 1.807) is 0 Å². The first-order valence-corrected chi connectivity index (χ1v) is 8.17. The van der Waals surface area contributed by atoms with E-state index in [2.05, 4.69) is 13.8 Å². The smallest absolute Gasteiger partial charge is 0.233 e. The van der Waals surface area contributed by atoms with Gasteiger partial charge in [0.25, 0.3) is 0 Å². The maximum atomic E-state index is 11.5. The molecular weight excluding hydrogens is 238 g/mol. The van der Waals surface area contributed by atoms with Gasteiger partial charge in [0.2, 0.25) is 15.9 Å². The van der Waals surface area contributed by atoms with Crippen molar-refractivity contribution in [2.45, 2.75) is 46.0 Å². The van der Waals surface area contributed by atoms with Crippen molar-refractivity contribution >= 4 is 15.9 Å². The minimum absolute atomic E-state index is 0.345. The van der Waals surface area contributed by atoms with E-state index in [1.165, 1.54) is 0 Å². The molecule has 1 amide bonds. The first-order chi connectivity index (χ1) is 7.78. The summed E-state index contributed by atoms with van der Waals surface area (Å²) < 4.78 is 23.8. The maximum absolute atomic E-state index is 11.5. The number of amides is 1. The molecule has 0 aliphatic heterocycles. The largest absolute Gasteiger partial charge is 0.274 e. The van der Waals surface area contributed by atoms with Gasteiger partial charge >= 0.3 is 0 Å². The number of carbonyl (C=O) groups is 1. The van der Waals surface area contributed by atoms with Crippen molar-refractivity contribution in [3.63, 3.8) is 0 Å². The molecule has 1 saturated carbocycles. The molecule has 0 spiro atoms. The highest BCUT2D eigenvalue weighted by atomic mass is 32.2. The molecule has 0 aromatic rings. The Morgan fingerprint density at radius 2 is 1.76 bits per heavy atom. The van der Waals surface area contributed by atoms with Crippen LogP contribution in [0.4, 0.5) is 0 Å². The number of nitrogens with one attached hydrogen (secondary N) is 1. The highest BCUT2D eigenvalue weighted by Crippen LogP contribution is 2.34. The third-order valence-corrected chi connectivity index (χ3v) is 4.21. The lowest BCUT2D eigenvalue weighted by Gasteiger charge is -2.30. The van der Waals surface area contributed by atoms with Crippen LogP contribution in [0, 0.1) is 17.8 Å². The van der Waals surface area contributed by atoms with Crippen LogP contribution in [0.1, 0.15) is 46.0 Å². The van der Waals surface area contributed by atoms with E-state index in [4.69, 9.17) is 0 Å². The first-order valence-electron chi connectivity index (χ1n) is 6.28. The van der Waals surface area contributed by atoms with Crippen LogP contribution in [0.25, 0.3) is 0 Å². The van der Waals surface area contributed by atoms with Crippen molar-refractivity contribution in [2.24, 2.45) is 17.8 Å². The van der Waals surface area contributed by atoms with E-state index in [0.29, 0.717) is 18.3 Å². The SMILES string of the molecule is CC(C)[C@H]1CC[C@@H](CC(=O)NS(C)(=O)=O)CC1. The molecule has 0 radical (unpaired) electrons. The summed E-state index contributed by atoms with van der Waals surface area (Å²) in [6.07, 6.45) is 5.77. The fourth-order valence-corrected chi connectivity index (χ4v) is 3.07. The standard InChI is InChI=1S/C12H23NO3S/c1-9(2)11-6-4-10(5-7-11)8-12(14)13-17(3,15)16/h9-11H,4-8H2,1-3H3,(H,13,14)/t10-,11+. The van der Waals surface area contributed by atoms with Crippen LogP contribution in [-0.2, 0) is 14.8 Å². The first kappa shape index (κ1) is 14.5. The molecule has 1 N–H and O–H groups in total. The van der Waals surface area contributed by atoms with Crippen molar-refractivity contribution in [1.29, 1.82) is 0 Å². The van der Waals surface area contributed by atoms with E-state index >= 15 is 0 Å². The van der Waals surface area contributed by atoms with Crippen LogP contribution in [0.3, 0.4) is 0 Å². The van der Waals surface area contributed by atoms with Gasteiger partial charge in [-0.15, -0.1) is 0 Å². The molecule has 5 heteroatoms. The maximum Gasteiger partial charge on any atom is 0.233 e. The Morgan fingerprint density at radius 1 is 1.24 bits per heavy atom. The summed E-state index contributed by atoms with van der Waals surface area (Å²) in [4.78, 5) is 11.5. The minimum Gasteiger partial charge on any atom is -0.274 e. The van der Waals surface area contributed by atoms with Gasteiger partial charge in [0, 0.05) is 6.42 Å². The van der Waals surface area contributed by atoms with Crippen LogP contribution in [-0.4, -0.2) is 20.6 Å². The molecule has 0 saturated heterocycles. The van der Waals surface area contributed by atoms with Gasteiger partial charge in [-0.25, -0.2) is 8.42 Å². The van der Waals surface area contributed by atoms with Crippen LogP contribution in [0.5, 0.6) is 0 Å². The molecule has 0 aromatic carbocycles. The van der Waals surface area contributed by atoms with Crippen molar-refractivity contribution in [3.8, 4) is 0 Å². The van der Waals surface area contributed by atoms with Crippen molar-refractivity contribution in [3.05, 3.63) is 0 Å². The Bertz CT molecular complexity index is 354. The highest BCUT2D eigenvalue weighted by molar-refractivity contribution is 7.89. The average Bonchev–Trinajstić information content (AvgIpc) is 2.15. The lowest BCUT2D eigenvalue weighted by atomic mass is 9.76. The molecule has 0 bridgehead atoms. The molecule has 0 heterocycles. The van der Waals surface area contributed by atoms with Gasteiger partial charge in [-0.2, -0.15) is 0 Å². The number of hydrogen-bond donors (Lipinski definition) is 1. The second-order valence-corrected chi connectivity index (χ2v) is 7.27. The third kappa shape index (κ3) is 5.52. The van der Waals surface area contributed by atoms with E-state index in [0.717, 1.165) is 37.9 Å². The fourth-order valence-electron chi connectivity index (χ4n) is 2.57. The summed E-state index contributed by atoms with van der Waals surface area (Å²) in [5, 5.41) is 0. The van der Waals surface area contributed by atoms with E-state index in [1.807, 2.05) is 4.72 Å². The van der Waals surface area contributed by atoms with Gasteiger partial charge in [-0.3, -0.25) is 9.52 Å². The predicted molar refractivity (Wildman–Crippen MR) is 67.9 cm³/mol. The third-order valence-electron chi connectivity index (χ3n) is 3.61. The van der Waals surface area contributed by atoms with Gasteiger partial charge in [0.05, 0.1) is 6.26 Å². The molecule has 1 fully saturated rings. The lowest BCUT2D eigenvalue weighted by molar-refractivity contribution is -0.120. The zero-order valence-corrected chi connectivity index (χ0v) is 11.7. The summed E-state index contributed by atoms with van der Waals surface area (Å²) in [5.74, 6) is 1.47. The summed E-state index contributed by atoms with van der Waals surface area (Å²) in [6.45, 7) is 4.47. The summed E-state index contributed by atoms with van der Waals surface area (Å²) in [6, 6.07) is 0. The Hall–Kier alpha value is -0.580. The lowest BCUT2D eigenvalue weighted by Crippen LogP contribution is -2.31. The normalized spacial score (nSPS) is 25.9. The van der Waals surface area contributed by atoms with E-state index in [9.17, 15) is 13.2 Å². The van der Waals surface area contributed by atoms with Gasteiger partial charge in [-0.1, -0.05) is 13.8 Å². The summed E-state index contributed by atoms with van der Waals surface area (Å²) in [7, 11) is -3.40. The molecule has 100 valence electrons. The molecule has 4 nitrogen and oxygen atoms in total. The van der Waals surface area contributed by atoms with Crippen LogP contribution in [0.15, 0.2) is 0 Å². The number of carbonyl (C=O) groups excluding carboxylic acids is 1. The Morgan fingerprint density at radius 3 is 2.18 bits per heavy atom. The molecule has 0 atom stereocenters. The zero-order valence-electron chi connectivity index (χ0n) is 10.9. The number of rotatable bonds is 4. The minimum atomic E-state index is -3.40. The fraction of sp³-hybridized carbons (Fsp3) is 0.917. The quantitative estimate of drug-likeness (QED) is 0.841. The molecule has 1 aliphatic carbocycles. The van der Waals surface area contributed by atoms with E-state index < -0.39 is 10.0 Å². The molecule has 1 rings (SSSR count). The second-order valence-electron chi connectivity index (χ2n) is 5.53. The van der Waals surface area contributed by atoms with Gasteiger partial charge in [0.1, 0.15) is 0 Å². The Labute approximate surface area is 104 Å².